The second kappa shape index (κ2) is 6.07. The maximum absolute atomic E-state index is 5.79. The molecule has 6 heteroatoms. The molecule has 2 aromatic rings. The minimum atomic E-state index is 0.316. The van der Waals surface area contributed by atoms with Crippen LogP contribution in [0.1, 0.15) is 50.3 Å². The molecule has 0 bridgehead atoms. The van der Waals surface area contributed by atoms with Crippen molar-refractivity contribution in [1.29, 1.82) is 0 Å². The van der Waals surface area contributed by atoms with Crippen LogP contribution in [0.3, 0.4) is 0 Å². The number of ether oxygens (including phenoxy) is 1. The Kier molecular flexibility index (Phi) is 3.93. The molecule has 1 saturated carbocycles. The van der Waals surface area contributed by atoms with Gasteiger partial charge in [0.05, 0.1) is 17.7 Å². The number of hydrogen-bond acceptors (Lipinski definition) is 5. The number of aromatic nitrogens is 4. The molecule has 1 atom stereocenters. The Morgan fingerprint density at radius 1 is 1.22 bits per heavy atom. The number of fused-ring (bicyclic) bond motifs is 1. The SMILES string of the molecule is CN(C[C@@H]1CCCO1)c1nc(C2CCCC2)nc2c1cnn2C. The van der Waals surface area contributed by atoms with Crippen LogP contribution < -0.4 is 4.90 Å². The summed E-state index contributed by atoms with van der Waals surface area (Å²) >= 11 is 0. The predicted octanol–water partition coefficient (Wildman–Crippen LogP) is 2.64. The molecule has 0 radical (unpaired) electrons. The van der Waals surface area contributed by atoms with Gasteiger partial charge in [0.25, 0.3) is 0 Å². The highest BCUT2D eigenvalue weighted by Crippen LogP contribution is 2.34. The van der Waals surface area contributed by atoms with Crippen molar-refractivity contribution in [3.05, 3.63) is 12.0 Å². The van der Waals surface area contributed by atoms with Gasteiger partial charge in [0.2, 0.25) is 0 Å². The topological polar surface area (TPSA) is 56.1 Å². The van der Waals surface area contributed by atoms with E-state index in [4.69, 9.17) is 14.7 Å². The summed E-state index contributed by atoms with van der Waals surface area (Å²) in [5, 5.41) is 5.43. The molecule has 0 N–H and O–H groups in total. The van der Waals surface area contributed by atoms with Gasteiger partial charge in [-0.3, -0.25) is 4.68 Å². The molecule has 0 unspecified atom stereocenters. The smallest absolute Gasteiger partial charge is 0.163 e. The second-order valence-electron chi connectivity index (χ2n) is 6.91. The number of anilines is 1. The maximum atomic E-state index is 5.79. The van der Waals surface area contributed by atoms with E-state index >= 15 is 0 Å². The Morgan fingerprint density at radius 3 is 2.78 bits per heavy atom. The Morgan fingerprint density at radius 2 is 2.04 bits per heavy atom. The zero-order valence-electron chi connectivity index (χ0n) is 14.0. The molecule has 0 spiro atoms. The zero-order valence-corrected chi connectivity index (χ0v) is 14.0. The fraction of sp³-hybridized carbons (Fsp3) is 0.706. The van der Waals surface area contributed by atoms with Gasteiger partial charge < -0.3 is 9.64 Å². The number of rotatable bonds is 4. The van der Waals surface area contributed by atoms with Crippen molar-refractivity contribution in [2.45, 2.75) is 50.5 Å². The van der Waals surface area contributed by atoms with Crippen molar-refractivity contribution in [1.82, 2.24) is 19.7 Å². The number of nitrogens with zero attached hydrogens (tertiary/aromatic N) is 5. The van der Waals surface area contributed by atoms with E-state index in [2.05, 4.69) is 17.0 Å². The Balaban J connectivity index is 1.70. The molecule has 23 heavy (non-hydrogen) atoms. The Bertz CT molecular complexity index is 686. The van der Waals surface area contributed by atoms with E-state index in [-0.39, 0.29) is 0 Å². The zero-order chi connectivity index (χ0) is 15.8. The van der Waals surface area contributed by atoms with Crippen molar-refractivity contribution in [3.63, 3.8) is 0 Å². The average Bonchev–Trinajstić information content (AvgIpc) is 3.28. The normalized spacial score (nSPS) is 22.3. The summed E-state index contributed by atoms with van der Waals surface area (Å²) in [5.41, 5.74) is 0.941. The lowest BCUT2D eigenvalue weighted by Gasteiger charge is -2.23. The first-order chi connectivity index (χ1) is 11.2. The molecule has 1 aliphatic carbocycles. The molecule has 6 nitrogen and oxygen atoms in total. The van der Waals surface area contributed by atoms with Crippen LogP contribution in [0, 0.1) is 0 Å². The molecule has 0 amide bonds. The highest BCUT2D eigenvalue weighted by atomic mass is 16.5. The first-order valence-electron chi connectivity index (χ1n) is 8.75. The van der Waals surface area contributed by atoms with Crippen LogP contribution in [-0.2, 0) is 11.8 Å². The van der Waals surface area contributed by atoms with E-state index in [0.29, 0.717) is 12.0 Å². The average molecular weight is 315 g/mol. The van der Waals surface area contributed by atoms with Crippen LogP contribution in [0.15, 0.2) is 6.20 Å². The molecule has 3 heterocycles. The van der Waals surface area contributed by atoms with Gasteiger partial charge in [0.15, 0.2) is 5.65 Å². The molecular weight excluding hydrogens is 290 g/mol. The van der Waals surface area contributed by atoms with Gasteiger partial charge in [-0.2, -0.15) is 5.10 Å². The van der Waals surface area contributed by atoms with Crippen LogP contribution >= 0.6 is 0 Å². The minimum absolute atomic E-state index is 0.316. The predicted molar refractivity (Wildman–Crippen MR) is 89.8 cm³/mol. The van der Waals surface area contributed by atoms with Gasteiger partial charge in [0, 0.05) is 33.2 Å². The molecular formula is C17H25N5O. The van der Waals surface area contributed by atoms with Crippen molar-refractivity contribution in [3.8, 4) is 0 Å². The molecule has 2 aliphatic rings. The van der Waals surface area contributed by atoms with E-state index in [0.717, 1.165) is 48.7 Å². The largest absolute Gasteiger partial charge is 0.376 e. The summed E-state index contributed by atoms with van der Waals surface area (Å²) in [7, 11) is 4.06. The molecule has 1 aliphatic heterocycles. The Hall–Kier alpha value is -1.69. The summed E-state index contributed by atoms with van der Waals surface area (Å²) in [6, 6.07) is 0. The quantitative estimate of drug-likeness (QED) is 0.868. The van der Waals surface area contributed by atoms with Crippen molar-refractivity contribution in [2.24, 2.45) is 7.05 Å². The highest BCUT2D eigenvalue weighted by Gasteiger charge is 2.25. The van der Waals surface area contributed by atoms with Gasteiger partial charge in [0.1, 0.15) is 11.6 Å². The fourth-order valence-electron chi connectivity index (χ4n) is 3.86. The van der Waals surface area contributed by atoms with Crippen molar-refractivity contribution in [2.75, 3.05) is 25.1 Å². The standard InChI is InChI=1S/C17H25N5O/c1-21(11-13-8-5-9-23-13)16-14-10-18-22(2)17(14)20-15(19-16)12-6-3-4-7-12/h10,12-13H,3-9,11H2,1-2H3/t13-/m0/s1. The summed E-state index contributed by atoms with van der Waals surface area (Å²) in [6.45, 7) is 1.77. The first-order valence-corrected chi connectivity index (χ1v) is 8.75. The first kappa shape index (κ1) is 14.9. The summed E-state index contributed by atoms with van der Waals surface area (Å²) < 4.78 is 7.65. The molecule has 4 rings (SSSR count). The molecule has 1 saturated heterocycles. The van der Waals surface area contributed by atoms with E-state index in [1.165, 1.54) is 25.7 Å². The van der Waals surface area contributed by atoms with Crippen LogP contribution in [0.5, 0.6) is 0 Å². The highest BCUT2D eigenvalue weighted by molar-refractivity contribution is 5.86. The van der Waals surface area contributed by atoms with E-state index in [1.54, 1.807) is 0 Å². The lowest BCUT2D eigenvalue weighted by atomic mass is 10.1. The van der Waals surface area contributed by atoms with Gasteiger partial charge in [-0.1, -0.05) is 12.8 Å². The minimum Gasteiger partial charge on any atom is -0.376 e. The second-order valence-corrected chi connectivity index (χ2v) is 6.91. The van der Waals surface area contributed by atoms with Crippen molar-refractivity contribution < 1.29 is 4.74 Å². The Labute approximate surface area is 136 Å². The van der Waals surface area contributed by atoms with Gasteiger partial charge in [-0.25, -0.2) is 9.97 Å². The summed E-state index contributed by atoms with van der Waals surface area (Å²) in [4.78, 5) is 12.0. The molecule has 2 fully saturated rings. The van der Waals surface area contributed by atoms with E-state index < -0.39 is 0 Å². The third-order valence-corrected chi connectivity index (χ3v) is 5.17. The fourth-order valence-corrected chi connectivity index (χ4v) is 3.86. The number of likely N-dealkylation sites (N-methyl/N-ethyl adjacent to an activating group) is 1. The van der Waals surface area contributed by atoms with Gasteiger partial charge >= 0.3 is 0 Å². The van der Waals surface area contributed by atoms with Crippen LogP contribution in [0.2, 0.25) is 0 Å². The number of hydrogen-bond donors (Lipinski definition) is 0. The van der Waals surface area contributed by atoms with Gasteiger partial charge in [-0.15, -0.1) is 0 Å². The molecule has 2 aromatic heterocycles. The van der Waals surface area contributed by atoms with Crippen LogP contribution in [-0.4, -0.2) is 46.1 Å². The van der Waals surface area contributed by atoms with E-state index in [1.807, 2.05) is 17.9 Å². The monoisotopic (exact) mass is 315 g/mol. The third-order valence-electron chi connectivity index (χ3n) is 5.17. The van der Waals surface area contributed by atoms with Crippen LogP contribution in [0.25, 0.3) is 11.0 Å². The summed E-state index contributed by atoms with van der Waals surface area (Å²) in [6.07, 6.45) is 9.50. The lowest BCUT2D eigenvalue weighted by Crippen LogP contribution is -2.29. The third kappa shape index (κ3) is 2.80. The molecule has 0 aromatic carbocycles. The lowest BCUT2D eigenvalue weighted by molar-refractivity contribution is 0.116. The number of aryl methyl sites for hydroxylation is 1. The molecule has 124 valence electrons. The van der Waals surface area contributed by atoms with Crippen molar-refractivity contribution >= 4 is 16.9 Å². The van der Waals surface area contributed by atoms with Gasteiger partial charge in [-0.05, 0) is 25.7 Å². The maximum Gasteiger partial charge on any atom is 0.163 e. The van der Waals surface area contributed by atoms with E-state index in [9.17, 15) is 0 Å². The summed E-state index contributed by atoms with van der Waals surface area (Å²) in [5.74, 6) is 2.50. The van der Waals surface area contributed by atoms with Crippen LogP contribution in [0.4, 0.5) is 5.82 Å².